The molecule has 0 radical (unpaired) electrons. The van der Waals surface area contributed by atoms with Crippen molar-refractivity contribution >= 4 is 51.3 Å². The molecule has 0 amide bonds. The van der Waals surface area contributed by atoms with Crippen LogP contribution >= 0.6 is 34.4 Å². The first-order valence-corrected chi connectivity index (χ1v) is 9.44. The molecule has 9 heteroatoms. The fraction of sp³-hybridized carbons (Fsp3) is 0.250. The number of aromatic nitrogens is 4. The van der Waals surface area contributed by atoms with Gasteiger partial charge in [-0.15, -0.1) is 0 Å². The van der Waals surface area contributed by atoms with Gasteiger partial charge in [0.1, 0.15) is 0 Å². The van der Waals surface area contributed by atoms with E-state index in [2.05, 4.69) is 32.6 Å². The summed E-state index contributed by atoms with van der Waals surface area (Å²) in [5, 5.41) is 0.435. The molecule has 7 nitrogen and oxygen atoms in total. The highest BCUT2D eigenvalue weighted by atomic mass is 127. The summed E-state index contributed by atoms with van der Waals surface area (Å²) in [7, 11) is 2.97. The van der Waals surface area contributed by atoms with Gasteiger partial charge in [-0.25, -0.2) is 9.78 Å². The van der Waals surface area contributed by atoms with Gasteiger partial charge < -0.3 is 4.98 Å². The molecule has 0 aliphatic rings. The number of nitrogens with zero attached hydrogens (tertiary/aromatic N) is 3. The smallest absolute Gasteiger partial charge is 0.327 e. The van der Waals surface area contributed by atoms with Gasteiger partial charge in [-0.3, -0.25) is 18.7 Å². The van der Waals surface area contributed by atoms with Crippen molar-refractivity contribution in [2.45, 2.75) is 12.1 Å². The summed E-state index contributed by atoms with van der Waals surface area (Å²) < 4.78 is 3.41. The molecule has 3 aromatic rings. The maximum Gasteiger partial charge on any atom is 0.332 e. The van der Waals surface area contributed by atoms with Crippen LogP contribution < -0.4 is 11.2 Å². The number of nitrogens with one attached hydrogen (secondary N) is 1. The minimum absolute atomic E-state index is 0.0128. The lowest BCUT2D eigenvalue weighted by Crippen LogP contribution is -2.36. The maximum absolute atomic E-state index is 12.4. The second-order valence-electron chi connectivity index (χ2n) is 5.62. The number of carbonyl (C=O) groups is 1. The van der Waals surface area contributed by atoms with Gasteiger partial charge in [-0.1, -0.05) is 17.8 Å². The van der Waals surface area contributed by atoms with Crippen LogP contribution in [0.3, 0.4) is 0 Å². The molecule has 130 valence electrons. The van der Waals surface area contributed by atoms with E-state index < -0.39 is 11.2 Å². The molecule has 0 saturated heterocycles. The Labute approximate surface area is 160 Å². The van der Waals surface area contributed by atoms with Crippen LogP contribution in [0.2, 0.25) is 0 Å². The Balaban J connectivity index is 1.88. The van der Waals surface area contributed by atoms with E-state index in [9.17, 15) is 14.4 Å². The van der Waals surface area contributed by atoms with E-state index in [1.807, 2.05) is 25.1 Å². The van der Waals surface area contributed by atoms with E-state index in [4.69, 9.17) is 0 Å². The van der Waals surface area contributed by atoms with Gasteiger partial charge in [0.05, 0.1) is 5.75 Å². The number of halogens is 1. The van der Waals surface area contributed by atoms with E-state index in [1.165, 1.54) is 23.4 Å². The van der Waals surface area contributed by atoms with Crippen LogP contribution in [0.5, 0.6) is 0 Å². The first-order valence-electron chi connectivity index (χ1n) is 7.37. The van der Waals surface area contributed by atoms with E-state index in [1.54, 1.807) is 7.05 Å². The molecule has 0 unspecified atom stereocenters. The van der Waals surface area contributed by atoms with Gasteiger partial charge in [-0.2, -0.15) is 0 Å². The first kappa shape index (κ1) is 17.9. The first-order chi connectivity index (χ1) is 11.8. The molecule has 1 aromatic carbocycles. The van der Waals surface area contributed by atoms with E-state index in [-0.39, 0.29) is 22.7 Å². The van der Waals surface area contributed by atoms with E-state index >= 15 is 0 Å². The molecule has 0 aliphatic heterocycles. The summed E-state index contributed by atoms with van der Waals surface area (Å²) in [6, 6.07) is 5.67. The molecule has 2 aromatic heterocycles. The lowest BCUT2D eigenvalue weighted by atomic mass is 10.1. The monoisotopic (exact) mass is 470 g/mol. The predicted molar refractivity (Wildman–Crippen MR) is 106 cm³/mol. The second-order valence-corrected chi connectivity index (χ2v) is 7.83. The Morgan fingerprint density at radius 1 is 1.28 bits per heavy atom. The maximum atomic E-state index is 12.4. The van der Waals surface area contributed by atoms with Crippen molar-refractivity contribution < 1.29 is 4.79 Å². The minimum Gasteiger partial charge on any atom is -0.327 e. The number of ketones is 1. The molecule has 0 saturated carbocycles. The van der Waals surface area contributed by atoms with Crippen molar-refractivity contribution in [2.24, 2.45) is 14.1 Å². The Morgan fingerprint density at radius 3 is 2.68 bits per heavy atom. The van der Waals surface area contributed by atoms with Gasteiger partial charge in [0, 0.05) is 23.2 Å². The predicted octanol–water partition coefficient (Wildman–Crippen LogP) is 1.85. The molecular formula is C16H15IN4O3S. The Bertz CT molecular complexity index is 1110. The van der Waals surface area contributed by atoms with Crippen molar-refractivity contribution in [2.75, 3.05) is 5.75 Å². The fourth-order valence-electron chi connectivity index (χ4n) is 2.52. The number of hydrogen-bond acceptors (Lipinski definition) is 5. The lowest BCUT2D eigenvalue weighted by Gasteiger charge is -2.04. The molecular weight excluding hydrogens is 455 g/mol. The number of aromatic amines is 1. The molecule has 0 aliphatic carbocycles. The molecule has 0 atom stereocenters. The highest BCUT2D eigenvalue weighted by molar-refractivity contribution is 14.1. The van der Waals surface area contributed by atoms with Gasteiger partial charge in [-0.05, 0) is 47.2 Å². The van der Waals surface area contributed by atoms with Crippen LogP contribution in [0.25, 0.3) is 11.2 Å². The number of benzene rings is 1. The number of aryl methyl sites for hydroxylation is 2. The van der Waals surface area contributed by atoms with Crippen LogP contribution in [-0.2, 0) is 14.1 Å². The summed E-state index contributed by atoms with van der Waals surface area (Å²) in [6.07, 6.45) is 0. The van der Waals surface area contributed by atoms with Crippen molar-refractivity contribution in [3.05, 3.63) is 53.7 Å². The zero-order valence-corrected chi connectivity index (χ0v) is 16.8. The molecule has 2 heterocycles. The highest BCUT2D eigenvalue weighted by Crippen LogP contribution is 2.20. The topological polar surface area (TPSA) is 89.8 Å². The normalized spacial score (nSPS) is 11.2. The van der Waals surface area contributed by atoms with Crippen molar-refractivity contribution in [3.63, 3.8) is 0 Å². The zero-order valence-electron chi connectivity index (χ0n) is 13.8. The molecule has 0 spiro atoms. The molecule has 1 N–H and O–H groups in total. The average molecular weight is 470 g/mol. The Kier molecular flexibility index (Phi) is 4.87. The van der Waals surface area contributed by atoms with Crippen LogP contribution in [0, 0.1) is 10.5 Å². The quantitative estimate of drug-likeness (QED) is 0.357. The number of carbonyl (C=O) groups excluding carboxylic acids is 1. The van der Waals surface area contributed by atoms with E-state index in [0.29, 0.717) is 10.7 Å². The SMILES string of the molecule is Cc1cc(I)ccc1C(=O)CSc1nc2c([nH]1)c(=O)n(C)c(=O)n2C. The number of Topliss-reactive ketones (excluding diaryl/α,β-unsaturated/α-hetero) is 1. The fourth-order valence-corrected chi connectivity index (χ4v) is 3.92. The summed E-state index contributed by atoms with van der Waals surface area (Å²) >= 11 is 3.41. The second kappa shape index (κ2) is 6.79. The van der Waals surface area contributed by atoms with Crippen LogP contribution in [0.4, 0.5) is 0 Å². The number of H-pyrrole nitrogens is 1. The number of hydrogen-bond donors (Lipinski definition) is 1. The molecule has 0 bridgehead atoms. The van der Waals surface area contributed by atoms with Crippen LogP contribution in [0.1, 0.15) is 15.9 Å². The van der Waals surface area contributed by atoms with Gasteiger partial charge in [0.2, 0.25) is 0 Å². The number of thioether (sulfide) groups is 1. The molecule has 0 fully saturated rings. The standard InChI is InChI=1S/C16H15IN4O3S/c1-8-6-9(17)4-5-10(8)11(22)7-25-15-18-12-13(19-15)20(2)16(24)21(3)14(12)23/h4-6H,7H2,1-3H3,(H,18,19). The van der Waals surface area contributed by atoms with Crippen molar-refractivity contribution in [3.8, 4) is 0 Å². The number of rotatable bonds is 4. The van der Waals surface area contributed by atoms with Gasteiger partial charge in [0.15, 0.2) is 22.1 Å². The highest BCUT2D eigenvalue weighted by Gasteiger charge is 2.15. The summed E-state index contributed by atoms with van der Waals surface area (Å²) in [5.41, 5.74) is 1.27. The summed E-state index contributed by atoms with van der Waals surface area (Å²) in [4.78, 5) is 43.7. The van der Waals surface area contributed by atoms with Crippen molar-refractivity contribution in [1.29, 1.82) is 0 Å². The van der Waals surface area contributed by atoms with Gasteiger partial charge in [0.25, 0.3) is 5.56 Å². The zero-order chi connectivity index (χ0) is 18.3. The Hall–Kier alpha value is -1.88. The van der Waals surface area contributed by atoms with E-state index in [0.717, 1.165) is 13.7 Å². The summed E-state index contributed by atoms with van der Waals surface area (Å²) in [6.45, 7) is 1.90. The Morgan fingerprint density at radius 2 is 2.00 bits per heavy atom. The van der Waals surface area contributed by atoms with Crippen molar-refractivity contribution in [1.82, 2.24) is 19.1 Å². The number of fused-ring (bicyclic) bond motifs is 1. The third-order valence-corrected chi connectivity index (χ3v) is 5.45. The average Bonchev–Trinajstić information content (AvgIpc) is 3.00. The largest absolute Gasteiger partial charge is 0.332 e. The van der Waals surface area contributed by atoms with Crippen LogP contribution in [-0.4, -0.2) is 30.6 Å². The van der Waals surface area contributed by atoms with Gasteiger partial charge >= 0.3 is 5.69 Å². The molecule has 3 rings (SSSR count). The third kappa shape index (κ3) is 3.30. The number of imidazole rings is 1. The summed E-state index contributed by atoms with van der Waals surface area (Å²) in [5.74, 6) is 0.177. The minimum atomic E-state index is -0.439. The van der Waals surface area contributed by atoms with Crippen LogP contribution in [0.15, 0.2) is 32.9 Å². The third-order valence-electron chi connectivity index (χ3n) is 3.90. The lowest BCUT2D eigenvalue weighted by molar-refractivity contribution is 0.102. The molecule has 25 heavy (non-hydrogen) atoms.